The van der Waals surface area contributed by atoms with Crippen molar-refractivity contribution in [1.82, 2.24) is 10.2 Å². The Kier molecular flexibility index (Phi) is 4.66. The molecule has 2 N–H and O–H groups in total. The highest BCUT2D eigenvalue weighted by Crippen LogP contribution is 2.26. The molecule has 1 saturated heterocycles. The van der Waals surface area contributed by atoms with Crippen LogP contribution in [0.5, 0.6) is 0 Å². The lowest BCUT2D eigenvalue weighted by Gasteiger charge is -2.30. The second-order valence-electron chi connectivity index (χ2n) is 5.36. The van der Waals surface area contributed by atoms with Crippen molar-refractivity contribution in [3.05, 3.63) is 51.9 Å². The third-order valence-electron chi connectivity index (χ3n) is 3.72. The van der Waals surface area contributed by atoms with Crippen LogP contribution < -0.4 is 15.8 Å². The van der Waals surface area contributed by atoms with Gasteiger partial charge in [-0.15, -0.1) is 0 Å². The summed E-state index contributed by atoms with van der Waals surface area (Å²) in [5, 5.41) is 8.79. The number of hydrogen-bond acceptors (Lipinski definition) is 5. The Morgan fingerprint density at radius 2 is 2.04 bits per heavy atom. The molecule has 1 amide bonds. The van der Waals surface area contributed by atoms with Gasteiger partial charge in [-0.25, -0.2) is 5.10 Å². The van der Waals surface area contributed by atoms with Crippen LogP contribution in [0.15, 0.2) is 35.1 Å². The minimum Gasteiger partial charge on any atom is -0.370 e. The summed E-state index contributed by atoms with van der Waals surface area (Å²) in [7, 11) is 0. The van der Waals surface area contributed by atoms with Crippen molar-refractivity contribution < 1.29 is 4.79 Å². The molecule has 6 nitrogen and oxygen atoms in total. The van der Waals surface area contributed by atoms with Crippen LogP contribution in [0.1, 0.15) is 16.1 Å². The molecule has 0 saturated carbocycles. The molecule has 0 bridgehead atoms. The largest absolute Gasteiger partial charge is 0.370 e. The number of H-pyrrole nitrogens is 1. The minimum absolute atomic E-state index is 0.180. The lowest BCUT2D eigenvalue weighted by Crippen LogP contribution is -2.32. The van der Waals surface area contributed by atoms with E-state index >= 15 is 0 Å². The van der Waals surface area contributed by atoms with Gasteiger partial charge in [0.15, 0.2) is 0 Å². The summed E-state index contributed by atoms with van der Waals surface area (Å²) in [6, 6.07) is 8.58. The van der Waals surface area contributed by atoms with Crippen molar-refractivity contribution in [1.29, 1.82) is 0 Å². The normalized spacial score (nSPS) is 14.6. The molecule has 0 radical (unpaired) electrons. The Labute approximate surface area is 138 Å². The van der Waals surface area contributed by atoms with Crippen molar-refractivity contribution in [2.45, 2.75) is 6.92 Å². The maximum atomic E-state index is 12.1. The molecular weight excluding hydrogens is 312 g/mol. The van der Waals surface area contributed by atoms with Crippen LogP contribution in [0, 0.1) is 6.92 Å². The fourth-order valence-corrected chi connectivity index (χ4v) is 3.46. The van der Waals surface area contributed by atoms with Crippen molar-refractivity contribution in [3.63, 3.8) is 0 Å². The van der Waals surface area contributed by atoms with Gasteiger partial charge in [0, 0.05) is 42.0 Å². The lowest BCUT2D eigenvalue weighted by molar-refractivity contribution is 0.102. The number of amides is 1. The smallest absolute Gasteiger partial charge is 0.276 e. The van der Waals surface area contributed by atoms with E-state index in [0.29, 0.717) is 0 Å². The molecule has 1 fully saturated rings. The van der Waals surface area contributed by atoms with Gasteiger partial charge in [-0.3, -0.25) is 9.59 Å². The Bertz CT molecular complexity index is 748. The summed E-state index contributed by atoms with van der Waals surface area (Å²) in [6.07, 6.45) is 0. The first-order valence-corrected chi connectivity index (χ1v) is 8.59. The number of thioether (sulfide) groups is 1. The van der Waals surface area contributed by atoms with Crippen molar-refractivity contribution in [2.75, 3.05) is 34.8 Å². The molecule has 23 heavy (non-hydrogen) atoms. The van der Waals surface area contributed by atoms with E-state index in [1.807, 2.05) is 36.9 Å². The highest BCUT2D eigenvalue weighted by atomic mass is 32.2. The Morgan fingerprint density at radius 1 is 1.26 bits per heavy atom. The molecule has 1 aliphatic rings. The number of benzene rings is 1. The van der Waals surface area contributed by atoms with E-state index in [1.165, 1.54) is 17.8 Å². The summed E-state index contributed by atoms with van der Waals surface area (Å²) in [6.45, 7) is 4.15. The molecule has 1 aromatic heterocycles. The number of nitrogens with one attached hydrogen (secondary N) is 2. The van der Waals surface area contributed by atoms with E-state index in [4.69, 9.17) is 0 Å². The number of aromatic amines is 1. The summed E-state index contributed by atoms with van der Waals surface area (Å²) in [5.41, 5.74) is 2.91. The summed E-state index contributed by atoms with van der Waals surface area (Å²) in [5.74, 6) is 1.95. The van der Waals surface area contributed by atoms with E-state index in [1.54, 1.807) is 0 Å². The Morgan fingerprint density at radius 3 is 2.70 bits per heavy atom. The number of nitrogens with zero attached hydrogens (tertiary/aromatic N) is 2. The third kappa shape index (κ3) is 3.73. The maximum Gasteiger partial charge on any atom is 0.276 e. The Hall–Kier alpha value is -2.28. The molecule has 3 rings (SSSR count). The summed E-state index contributed by atoms with van der Waals surface area (Å²) >= 11 is 1.98. The average Bonchev–Trinajstić information content (AvgIpc) is 2.56. The predicted molar refractivity (Wildman–Crippen MR) is 93.5 cm³/mol. The van der Waals surface area contributed by atoms with E-state index in [2.05, 4.69) is 20.4 Å². The molecule has 1 aliphatic heterocycles. The van der Waals surface area contributed by atoms with Crippen LogP contribution in [0.4, 0.5) is 11.4 Å². The van der Waals surface area contributed by atoms with E-state index in [-0.39, 0.29) is 17.2 Å². The average molecular weight is 330 g/mol. The van der Waals surface area contributed by atoms with Crippen LogP contribution in [-0.4, -0.2) is 40.7 Å². The highest BCUT2D eigenvalue weighted by Gasteiger charge is 2.14. The number of carbonyl (C=O) groups is 1. The number of carbonyl (C=O) groups excluding carboxylic acids is 1. The molecule has 7 heteroatoms. The quantitative estimate of drug-likeness (QED) is 0.898. The zero-order valence-corrected chi connectivity index (χ0v) is 13.7. The number of anilines is 2. The van der Waals surface area contributed by atoms with Gasteiger partial charge in [0.2, 0.25) is 0 Å². The highest BCUT2D eigenvalue weighted by molar-refractivity contribution is 7.99. The van der Waals surface area contributed by atoms with Crippen LogP contribution in [0.2, 0.25) is 0 Å². The molecular formula is C16H18N4O2S. The SMILES string of the molecule is Cc1cc(NC(=O)c2ccc(=O)[nH]n2)ccc1N1CCSCC1. The molecule has 2 aromatic rings. The molecule has 0 unspecified atom stereocenters. The van der Waals surface area contributed by atoms with Gasteiger partial charge in [-0.1, -0.05) is 0 Å². The van der Waals surface area contributed by atoms with Gasteiger partial charge in [-0.2, -0.15) is 16.9 Å². The molecule has 120 valence electrons. The number of aryl methyl sites for hydroxylation is 1. The van der Waals surface area contributed by atoms with Gasteiger partial charge in [0.05, 0.1) is 0 Å². The molecule has 0 aliphatic carbocycles. The third-order valence-corrected chi connectivity index (χ3v) is 4.66. The van der Waals surface area contributed by atoms with Crippen LogP contribution >= 0.6 is 11.8 Å². The van der Waals surface area contributed by atoms with Crippen molar-refractivity contribution >= 4 is 29.0 Å². The first kappa shape index (κ1) is 15.6. The van der Waals surface area contributed by atoms with Gasteiger partial charge >= 0.3 is 0 Å². The number of rotatable bonds is 3. The van der Waals surface area contributed by atoms with Crippen LogP contribution in [0.3, 0.4) is 0 Å². The Balaban J connectivity index is 1.73. The van der Waals surface area contributed by atoms with E-state index in [9.17, 15) is 9.59 Å². The van der Waals surface area contributed by atoms with Crippen molar-refractivity contribution in [3.8, 4) is 0 Å². The molecule has 0 spiro atoms. The van der Waals surface area contributed by atoms with Gasteiger partial charge < -0.3 is 10.2 Å². The summed E-state index contributed by atoms with van der Waals surface area (Å²) < 4.78 is 0. The van der Waals surface area contributed by atoms with Crippen LogP contribution in [-0.2, 0) is 0 Å². The second kappa shape index (κ2) is 6.87. The molecule has 1 aromatic carbocycles. The first-order chi connectivity index (χ1) is 11.1. The van der Waals surface area contributed by atoms with Gasteiger partial charge in [0.25, 0.3) is 11.5 Å². The van der Waals surface area contributed by atoms with Crippen LogP contribution in [0.25, 0.3) is 0 Å². The standard InChI is InChI=1S/C16H18N4O2S/c1-11-10-12(2-4-14(11)20-6-8-23-9-7-20)17-16(22)13-3-5-15(21)19-18-13/h2-5,10H,6-9H2,1H3,(H,17,22)(H,19,21). The van der Waals surface area contributed by atoms with Gasteiger partial charge in [0.1, 0.15) is 5.69 Å². The predicted octanol–water partition coefficient (Wildman–Crippen LogP) is 1.88. The topological polar surface area (TPSA) is 78.1 Å². The second-order valence-corrected chi connectivity index (χ2v) is 6.59. The first-order valence-electron chi connectivity index (χ1n) is 7.44. The molecule has 2 heterocycles. The zero-order chi connectivity index (χ0) is 16.2. The van der Waals surface area contributed by atoms with E-state index < -0.39 is 0 Å². The van der Waals surface area contributed by atoms with E-state index in [0.717, 1.165) is 35.8 Å². The number of aromatic nitrogens is 2. The maximum absolute atomic E-state index is 12.1. The number of hydrogen-bond donors (Lipinski definition) is 2. The minimum atomic E-state index is -0.345. The van der Waals surface area contributed by atoms with Crippen molar-refractivity contribution in [2.24, 2.45) is 0 Å². The monoisotopic (exact) mass is 330 g/mol. The fraction of sp³-hybridized carbons (Fsp3) is 0.312. The zero-order valence-electron chi connectivity index (χ0n) is 12.8. The lowest BCUT2D eigenvalue weighted by atomic mass is 10.1. The fourth-order valence-electron chi connectivity index (χ4n) is 2.56. The van der Waals surface area contributed by atoms with Gasteiger partial charge in [-0.05, 0) is 36.8 Å². The molecule has 0 atom stereocenters. The summed E-state index contributed by atoms with van der Waals surface area (Å²) in [4.78, 5) is 25.5.